The largest absolute Gasteiger partial charge is 0.492 e. The van der Waals surface area contributed by atoms with Crippen molar-refractivity contribution < 1.29 is 33.3 Å². The molecule has 226 valence electrons. The molecule has 1 unspecified atom stereocenters. The lowest BCUT2D eigenvalue weighted by Crippen LogP contribution is -2.63. The molecule has 4 heterocycles. The zero-order chi connectivity index (χ0) is 31.0. The van der Waals surface area contributed by atoms with Crippen molar-refractivity contribution in [2.24, 2.45) is 15.4 Å². The molecule has 0 aromatic heterocycles. The second kappa shape index (κ2) is 11.0. The molecule has 0 aliphatic carbocycles. The minimum Gasteiger partial charge on any atom is -0.492 e. The van der Waals surface area contributed by atoms with Crippen LogP contribution in [0, 0.1) is 17.3 Å². The van der Waals surface area contributed by atoms with E-state index in [0.717, 1.165) is 16.0 Å². The van der Waals surface area contributed by atoms with Crippen LogP contribution < -0.4 is 4.74 Å². The molecule has 1 atom stereocenters. The van der Waals surface area contributed by atoms with Crippen molar-refractivity contribution >= 4 is 29.6 Å². The van der Waals surface area contributed by atoms with Gasteiger partial charge in [0.1, 0.15) is 41.4 Å². The van der Waals surface area contributed by atoms with Crippen LogP contribution in [0.15, 0.2) is 58.6 Å². The van der Waals surface area contributed by atoms with E-state index in [1.54, 1.807) is 48.5 Å². The van der Waals surface area contributed by atoms with Gasteiger partial charge in [0.05, 0.1) is 24.3 Å². The molecule has 4 aliphatic heterocycles. The highest BCUT2D eigenvalue weighted by molar-refractivity contribution is 6.11. The number of amidine groups is 1. The Kier molecular flexibility index (Phi) is 7.73. The minimum absolute atomic E-state index is 0.0467. The van der Waals surface area contributed by atoms with Crippen molar-refractivity contribution in [3.63, 3.8) is 0 Å². The lowest BCUT2D eigenvalue weighted by molar-refractivity contribution is -0.185. The van der Waals surface area contributed by atoms with Crippen LogP contribution in [0.1, 0.15) is 59.6 Å². The average molecular weight is 588 g/mol. The highest BCUT2D eigenvalue weighted by atomic mass is 16.6. The van der Waals surface area contributed by atoms with E-state index in [0.29, 0.717) is 37.0 Å². The molecule has 1 aromatic carbocycles. The summed E-state index contributed by atoms with van der Waals surface area (Å²) < 4.78 is 29.2. The topological polar surface area (TPSA) is 108 Å². The van der Waals surface area contributed by atoms with Crippen LogP contribution in [0.4, 0.5) is 9.59 Å². The van der Waals surface area contributed by atoms with Gasteiger partial charge >= 0.3 is 18.2 Å². The number of amides is 2. The number of carbonyl (C=O) groups is 2. The standard InChI is InChI=1S/C33H37N3O7/c1-8-12-23-13-10-9-11-14-25(34-23)22-15-16-26-24(17-22)33(32(20-40-26)18-39-19-32)21-41-27(35-33)36(28(37)42-30(2,3)4)29(38)43-31(5,6)7/h9-11,13-17H,18-21H2,1-7H3/b10-9?,11-9+,13-10+,14-11?,23-13?,25-14-,34-23-,34-25?. The Labute approximate surface area is 252 Å². The Morgan fingerprint density at radius 2 is 1.63 bits per heavy atom. The maximum absolute atomic E-state index is 13.4. The summed E-state index contributed by atoms with van der Waals surface area (Å²) in [5.41, 5.74) is -0.498. The van der Waals surface area contributed by atoms with Crippen LogP contribution in [-0.2, 0) is 24.5 Å². The van der Waals surface area contributed by atoms with E-state index in [2.05, 4.69) is 11.8 Å². The molecule has 0 radical (unpaired) electrons. The van der Waals surface area contributed by atoms with Gasteiger partial charge in [-0.05, 0) is 84.7 Å². The third-order valence-electron chi connectivity index (χ3n) is 7.12. The maximum atomic E-state index is 13.4. The maximum Gasteiger partial charge on any atom is 0.428 e. The molecule has 4 aliphatic rings. The summed E-state index contributed by atoms with van der Waals surface area (Å²) >= 11 is 0. The molecule has 43 heavy (non-hydrogen) atoms. The average Bonchev–Trinajstić information content (AvgIpc) is 3.28. The van der Waals surface area contributed by atoms with Gasteiger partial charge in [-0.2, -0.15) is 0 Å². The van der Waals surface area contributed by atoms with Gasteiger partial charge in [0.25, 0.3) is 0 Å². The molecule has 1 fully saturated rings. The third-order valence-corrected chi connectivity index (χ3v) is 7.12. The number of ether oxygens (including phenoxy) is 5. The normalized spacial score (nSPS) is 25.7. The zero-order valence-electron chi connectivity index (χ0n) is 25.6. The number of aliphatic imine (C=N–C) groups is 2. The molecule has 10 heteroatoms. The quantitative estimate of drug-likeness (QED) is 0.383. The molecule has 2 spiro atoms. The Hall–Kier alpha value is -4.36. The number of nitrogens with zero attached hydrogens (tertiary/aromatic N) is 3. The van der Waals surface area contributed by atoms with Crippen LogP contribution in [0.2, 0.25) is 0 Å². The Morgan fingerprint density at radius 3 is 2.23 bits per heavy atom. The summed E-state index contributed by atoms with van der Waals surface area (Å²) in [5, 5.41) is 0. The van der Waals surface area contributed by atoms with E-state index in [1.807, 2.05) is 48.6 Å². The van der Waals surface area contributed by atoms with Gasteiger partial charge in [0.15, 0.2) is 0 Å². The first-order chi connectivity index (χ1) is 20.3. The number of benzene rings is 1. The van der Waals surface area contributed by atoms with Crippen molar-refractivity contribution in [1.29, 1.82) is 0 Å². The molecule has 2 amide bonds. The van der Waals surface area contributed by atoms with Crippen molar-refractivity contribution in [3.8, 4) is 17.6 Å². The molecular formula is C33H37N3O7. The molecule has 5 rings (SSSR count). The van der Waals surface area contributed by atoms with Crippen molar-refractivity contribution in [1.82, 2.24) is 4.90 Å². The summed E-state index contributed by atoms with van der Waals surface area (Å²) in [6.07, 6.45) is 7.58. The van der Waals surface area contributed by atoms with Crippen LogP contribution in [-0.4, -0.2) is 66.4 Å². The number of hydrogen-bond donors (Lipinski definition) is 0. The number of allylic oxidation sites excluding steroid dienone is 5. The number of rotatable bonds is 1. The van der Waals surface area contributed by atoms with Gasteiger partial charge in [0, 0.05) is 11.1 Å². The number of carbonyl (C=O) groups excluding carboxylic acids is 2. The van der Waals surface area contributed by atoms with Crippen LogP contribution >= 0.6 is 0 Å². The summed E-state index contributed by atoms with van der Waals surface area (Å²) in [6, 6.07) is 5.58. The van der Waals surface area contributed by atoms with Crippen LogP contribution in [0.3, 0.4) is 0 Å². The first-order valence-electron chi connectivity index (χ1n) is 14.2. The van der Waals surface area contributed by atoms with Gasteiger partial charge in [-0.25, -0.2) is 19.6 Å². The monoisotopic (exact) mass is 587 g/mol. The number of fused-ring (bicyclic) bond motifs is 3. The summed E-state index contributed by atoms with van der Waals surface area (Å²) in [6.45, 7) is 13.1. The second-order valence-electron chi connectivity index (χ2n) is 12.8. The Morgan fingerprint density at radius 1 is 0.930 bits per heavy atom. The number of hydrogen-bond acceptors (Lipinski definition) is 9. The van der Waals surface area contributed by atoms with Crippen molar-refractivity contribution in [2.75, 3.05) is 26.4 Å². The van der Waals surface area contributed by atoms with Crippen LogP contribution in [0.25, 0.3) is 5.70 Å². The Bertz CT molecular complexity index is 1510. The van der Waals surface area contributed by atoms with Crippen LogP contribution in [0.5, 0.6) is 5.75 Å². The highest BCUT2D eigenvalue weighted by Gasteiger charge is 2.65. The van der Waals surface area contributed by atoms with Gasteiger partial charge in [0.2, 0.25) is 0 Å². The summed E-state index contributed by atoms with van der Waals surface area (Å²) in [4.78, 5) is 37.3. The minimum atomic E-state index is -1.03. The molecule has 1 saturated heterocycles. The molecular weight excluding hydrogens is 550 g/mol. The predicted molar refractivity (Wildman–Crippen MR) is 162 cm³/mol. The summed E-state index contributed by atoms with van der Waals surface area (Å²) in [5.74, 6) is 6.55. The molecule has 0 bridgehead atoms. The van der Waals surface area contributed by atoms with E-state index < -0.39 is 34.3 Å². The SMILES string of the molecule is CC#CC1=N/C(c2ccc3c(c2)C2(COC(N(C(=O)OC(C)(C)C)C(=O)OC(C)(C)C)=N2)C2(COC2)CO3)=C\C=C\C=C\1. The van der Waals surface area contributed by atoms with Gasteiger partial charge in [-0.1, -0.05) is 24.1 Å². The number of imide groups is 1. The van der Waals surface area contributed by atoms with Crippen molar-refractivity contribution in [2.45, 2.75) is 65.2 Å². The molecule has 10 nitrogen and oxygen atoms in total. The summed E-state index contributed by atoms with van der Waals surface area (Å²) in [7, 11) is 0. The van der Waals surface area contributed by atoms with Gasteiger partial charge in [-0.15, -0.1) is 4.90 Å². The van der Waals surface area contributed by atoms with E-state index in [9.17, 15) is 9.59 Å². The van der Waals surface area contributed by atoms with Gasteiger partial charge < -0.3 is 23.7 Å². The predicted octanol–water partition coefficient (Wildman–Crippen LogP) is 5.78. The fourth-order valence-electron chi connectivity index (χ4n) is 5.12. The lowest BCUT2D eigenvalue weighted by Gasteiger charge is -2.53. The first-order valence-corrected chi connectivity index (χ1v) is 14.2. The molecule has 0 saturated carbocycles. The smallest absolute Gasteiger partial charge is 0.428 e. The van der Waals surface area contributed by atoms with E-state index in [1.165, 1.54) is 0 Å². The fourth-order valence-corrected chi connectivity index (χ4v) is 5.12. The second-order valence-corrected chi connectivity index (χ2v) is 12.8. The van der Waals surface area contributed by atoms with Crippen molar-refractivity contribution in [3.05, 3.63) is 59.7 Å². The van der Waals surface area contributed by atoms with E-state index in [4.69, 9.17) is 33.7 Å². The van der Waals surface area contributed by atoms with E-state index >= 15 is 0 Å². The Balaban J connectivity index is 1.63. The molecule has 0 N–H and O–H groups in total. The fraction of sp³-hybridized carbons (Fsp3) is 0.455. The third kappa shape index (κ3) is 5.95. The van der Waals surface area contributed by atoms with Gasteiger partial charge in [-0.3, -0.25) is 0 Å². The first kappa shape index (κ1) is 30.1. The van der Waals surface area contributed by atoms with E-state index in [-0.39, 0.29) is 12.6 Å². The zero-order valence-corrected chi connectivity index (χ0v) is 25.6. The lowest BCUT2D eigenvalue weighted by atomic mass is 9.64. The molecule has 1 aromatic rings. The highest BCUT2D eigenvalue weighted by Crippen LogP contribution is 2.56.